The molecule has 110 valence electrons. The lowest BCUT2D eigenvalue weighted by atomic mass is 10.0. The monoisotopic (exact) mass is 370 g/mol. The van der Waals surface area contributed by atoms with Gasteiger partial charge in [-0.2, -0.15) is 0 Å². The van der Waals surface area contributed by atoms with Crippen LogP contribution in [0.25, 0.3) is 0 Å². The Kier molecular flexibility index (Phi) is 4.36. The summed E-state index contributed by atoms with van der Waals surface area (Å²) >= 11 is 9.46. The summed E-state index contributed by atoms with van der Waals surface area (Å²) in [7, 11) is 0. The molecule has 0 saturated carbocycles. The Morgan fingerprint density at radius 1 is 1.00 bits per heavy atom. The van der Waals surface area contributed by atoms with Crippen LogP contribution in [-0.2, 0) is 0 Å². The van der Waals surface area contributed by atoms with Crippen LogP contribution in [0.1, 0.15) is 22.4 Å². The molecule has 1 atom stereocenters. The van der Waals surface area contributed by atoms with Crippen LogP contribution in [-0.4, -0.2) is 13.2 Å². The predicted octanol–water partition coefficient (Wildman–Crippen LogP) is 5.12. The van der Waals surface area contributed by atoms with Crippen molar-refractivity contribution in [1.29, 1.82) is 0 Å². The van der Waals surface area contributed by atoms with Crippen molar-refractivity contribution in [2.24, 2.45) is 0 Å². The Balaban J connectivity index is 1.92. The molecule has 21 heavy (non-hydrogen) atoms. The third-order valence-corrected chi connectivity index (χ3v) is 4.65. The molecule has 0 amide bonds. The van der Waals surface area contributed by atoms with Gasteiger partial charge in [-0.15, -0.1) is 0 Å². The Morgan fingerprint density at radius 3 is 2.43 bits per heavy atom. The number of fused-ring (bicyclic) bond motifs is 1. The largest absolute Gasteiger partial charge is 0.490 e. The summed E-state index contributed by atoms with van der Waals surface area (Å²) in [4.78, 5) is -0.0900. The Hall–Kier alpha value is -1.26. The fourth-order valence-electron chi connectivity index (χ4n) is 2.20. The van der Waals surface area contributed by atoms with Crippen molar-refractivity contribution in [3.05, 3.63) is 58.4 Å². The summed E-state index contributed by atoms with van der Waals surface area (Å²) in [5.74, 6) is 1.08. The minimum atomic E-state index is -0.418. The highest BCUT2D eigenvalue weighted by molar-refractivity contribution is 9.09. The topological polar surface area (TPSA) is 18.5 Å². The molecular formula is C16H13BrClFO2. The highest BCUT2D eigenvalue weighted by atomic mass is 79.9. The summed E-state index contributed by atoms with van der Waals surface area (Å²) in [6.45, 7) is 1.31. The van der Waals surface area contributed by atoms with Gasteiger partial charge < -0.3 is 9.47 Å². The molecule has 1 heterocycles. The maximum atomic E-state index is 13.3. The van der Waals surface area contributed by atoms with Crippen LogP contribution in [0.5, 0.6) is 11.5 Å². The molecule has 1 unspecified atom stereocenters. The third-order valence-electron chi connectivity index (χ3n) is 3.30. The quantitative estimate of drug-likeness (QED) is 0.682. The Morgan fingerprint density at radius 2 is 1.67 bits per heavy atom. The van der Waals surface area contributed by atoms with Crippen molar-refractivity contribution < 1.29 is 13.9 Å². The second-order valence-corrected chi connectivity index (χ2v) is 6.12. The van der Waals surface area contributed by atoms with Crippen molar-refractivity contribution >= 4 is 27.5 Å². The SMILES string of the molecule is Fc1ccc(C(Br)c2ccc3c(c2)OCCCO3)cc1Cl. The minimum absolute atomic E-state index is 0.0900. The molecular weight excluding hydrogens is 359 g/mol. The molecule has 0 bridgehead atoms. The summed E-state index contributed by atoms with van der Waals surface area (Å²) in [5, 5.41) is 0.117. The van der Waals surface area contributed by atoms with Gasteiger partial charge in [-0.3, -0.25) is 0 Å². The first-order valence-corrected chi connectivity index (χ1v) is 7.93. The number of hydrogen-bond acceptors (Lipinski definition) is 2. The van der Waals surface area contributed by atoms with E-state index in [9.17, 15) is 4.39 Å². The summed E-state index contributed by atoms with van der Waals surface area (Å²) in [6.07, 6.45) is 0.870. The lowest BCUT2D eigenvalue weighted by Gasteiger charge is -2.14. The summed E-state index contributed by atoms with van der Waals surface area (Å²) in [6, 6.07) is 10.5. The van der Waals surface area contributed by atoms with E-state index in [2.05, 4.69) is 15.9 Å². The van der Waals surface area contributed by atoms with Gasteiger partial charge >= 0.3 is 0 Å². The van der Waals surface area contributed by atoms with E-state index >= 15 is 0 Å². The number of rotatable bonds is 2. The van der Waals surface area contributed by atoms with E-state index in [1.165, 1.54) is 6.07 Å². The van der Waals surface area contributed by atoms with Crippen LogP contribution in [0.2, 0.25) is 5.02 Å². The number of halogens is 3. The van der Waals surface area contributed by atoms with Gasteiger partial charge in [0, 0.05) is 6.42 Å². The smallest absolute Gasteiger partial charge is 0.161 e. The van der Waals surface area contributed by atoms with E-state index in [4.69, 9.17) is 21.1 Å². The van der Waals surface area contributed by atoms with E-state index in [0.29, 0.717) is 13.2 Å². The molecule has 0 spiro atoms. The van der Waals surface area contributed by atoms with Gasteiger partial charge in [0.1, 0.15) is 5.82 Å². The standard InChI is InChI=1S/C16H13BrClFO2/c17-16(10-2-4-13(19)12(18)8-10)11-3-5-14-15(9-11)21-7-1-6-20-14/h2-5,8-9,16H,1,6-7H2. The molecule has 0 N–H and O–H groups in total. The highest BCUT2D eigenvalue weighted by Crippen LogP contribution is 2.38. The maximum absolute atomic E-state index is 13.3. The molecule has 5 heteroatoms. The number of ether oxygens (including phenoxy) is 2. The normalized spacial score (nSPS) is 15.4. The fraction of sp³-hybridized carbons (Fsp3) is 0.250. The lowest BCUT2D eigenvalue weighted by Crippen LogP contribution is -1.97. The van der Waals surface area contributed by atoms with E-state index in [0.717, 1.165) is 29.0 Å². The van der Waals surface area contributed by atoms with Crippen LogP contribution >= 0.6 is 27.5 Å². The molecule has 3 rings (SSSR count). The van der Waals surface area contributed by atoms with Gasteiger partial charge in [-0.05, 0) is 35.4 Å². The third kappa shape index (κ3) is 3.16. The number of alkyl halides is 1. The van der Waals surface area contributed by atoms with Crippen molar-refractivity contribution in [2.45, 2.75) is 11.2 Å². The predicted molar refractivity (Wildman–Crippen MR) is 84.2 cm³/mol. The molecule has 2 aromatic carbocycles. The molecule has 0 radical (unpaired) electrons. The zero-order chi connectivity index (χ0) is 14.8. The van der Waals surface area contributed by atoms with Gasteiger partial charge in [-0.1, -0.05) is 39.7 Å². The maximum Gasteiger partial charge on any atom is 0.161 e. The van der Waals surface area contributed by atoms with Gasteiger partial charge in [0.2, 0.25) is 0 Å². The second kappa shape index (κ2) is 6.24. The molecule has 1 aliphatic rings. The van der Waals surface area contributed by atoms with E-state index in [-0.39, 0.29) is 9.85 Å². The summed E-state index contributed by atoms with van der Waals surface area (Å²) < 4.78 is 24.5. The molecule has 1 aliphatic heterocycles. The van der Waals surface area contributed by atoms with E-state index < -0.39 is 5.82 Å². The number of benzene rings is 2. The molecule has 0 fully saturated rings. The Labute approximate surface area is 136 Å². The fourth-order valence-corrected chi connectivity index (χ4v) is 2.96. The molecule has 0 aliphatic carbocycles. The minimum Gasteiger partial charge on any atom is -0.490 e. The second-order valence-electron chi connectivity index (χ2n) is 4.79. The zero-order valence-corrected chi connectivity index (χ0v) is 13.5. The van der Waals surface area contributed by atoms with Crippen LogP contribution in [0.4, 0.5) is 4.39 Å². The van der Waals surface area contributed by atoms with Crippen molar-refractivity contribution in [3.63, 3.8) is 0 Å². The van der Waals surface area contributed by atoms with Crippen molar-refractivity contribution in [2.75, 3.05) is 13.2 Å². The zero-order valence-electron chi connectivity index (χ0n) is 11.1. The van der Waals surface area contributed by atoms with Crippen molar-refractivity contribution in [3.8, 4) is 11.5 Å². The molecule has 0 saturated heterocycles. The van der Waals surface area contributed by atoms with Crippen LogP contribution < -0.4 is 9.47 Å². The van der Waals surface area contributed by atoms with Crippen LogP contribution in [0.15, 0.2) is 36.4 Å². The molecule has 2 nitrogen and oxygen atoms in total. The van der Waals surface area contributed by atoms with Crippen LogP contribution in [0, 0.1) is 5.82 Å². The highest BCUT2D eigenvalue weighted by Gasteiger charge is 2.16. The molecule has 2 aromatic rings. The van der Waals surface area contributed by atoms with Crippen LogP contribution in [0.3, 0.4) is 0 Å². The van der Waals surface area contributed by atoms with Gasteiger partial charge in [-0.25, -0.2) is 4.39 Å². The first-order chi connectivity index (χ1) is 10.1. The van der Waals surface area contributed by atoms with E-state index in [1.54, 1.807) is 12.1 Å². The van der Waals surface area contributed by atoms with Gasteiger partial charge in [0.25, 0.3) is 0 Å². The number of hydrogen-bond donors (Lipinski definition) is 0. The average Bonchev–Trinajstić information content (AvgIpc) is 2.73. The average molecular weight is 372 g/mol. The van der Waals surface area contributed by atoms with Gasteiger partial charge in [0.15, 0.2) is 11.5 Å². The van der Waals surface area contributed by atoms with E-state index in [1.807, 2.05) is 18.2 Å². The Bertz CT molecular complexity index is 663. The summed E-state index contributed by atoms with van der Waals surface area (Å²) in [5.41, 5.74) is 1.89. The first kappa shape index (κ1) is 14.7. The molecule has 0 aromatic heterocycles. The van der Waals surface area contributed by atoms with Gasteiger partial charge in [0.05, 0.1) is 23.1 Å². The first-order valence-electron chi connectivity index (χ1n) is 6.64. The lowest BCUT2D eigenvalue weighted by molar-refractivity contribution is 0.297. The van der Waals surface area contributed by atoms with Crippen molar-refractivity contribution in [1.82, 2.24) is 0 Å².